The van der Waals surface area contributed by atoms with Gasteiger partial charge in [0, 0.05) is 18.4 Å². The van der Waals surface area contributed by atoms with E-state index in [2.05, 4.69) is 34.1 Å². The molecule has 0 N–H and O–H groups in total. The van der Waals surface area contributed by atoms with Crippen LogP contribution in [0.25, 0.3) is 0 Å². The molecule has 0 bridgehead atoms. The first kappa shape index (κ1) is 13.6. The van der Waals surface area contributed by atoms with Gasteiger partial charge >= 0.3 is 5.97 Å². The number of carbonyl (C=O) groups excluding carboxylic acids is 1. The predicted molar refractivity (Wildman–Crippen MR) is 82.1 cm³/mol. The number of hydrogen-bond acceptors (Lipinski definition) is 4. The molecule has 0 aliphatic carbocycles. The van der Waals surface area contributed by atoms with Crippen molar-refractivity contribution < 1.29 is 9.53 Å². The molecule has 3 rings (SSSR count). The van der Waals surface area contributed by atoms with Crippen molar-refractivity contribution >= 4 is 17.5 Å². The number of pyridine rings is 1. The van der Waals surface area contributed by atoms with Crippen LogP contribution in [0.2, 0.25) is 0 Å². The Morgan fingerprint density at radius 2 is 2.14 bits per heavy atom. The summed E-state index contributed by atoms with van der Waals surface area (Å²) in [6.07, 6.45) is 3.80. The van der Waals surface area contributed by atoms with Gasteiger partial charge in [0.05, 0.1) is 12.7 Å². The van der Waals surface area contributed by atoms with E-state index in [9.17, 15) is 4.79 Å². The number of aryl methyl sites for hydroxylation is 2. The Labute approximate surface area is 124 Å². The van der Waals surface area contributed by atoms with Gasteiger partial charge in [-0.3, -0.25) is 0 Å². The highest BCUT2D eigenvalue weighted by atomic mass is 16.5. The SMILES string of the molecule is COC(=O)c1cnc(N2CCCc3ccccc32)c(C)c1. The Hall–Kier alpha value is -2.36. The molecule has 2 heterocycles. The number of carbonyl (C=O) groups is 1. The van der Waals surface area contributed by atoms with Crippen LogP contribution in [0.5, 0.6) is 0 Å². The summed E-state index contributed by atoms with van der Waals surface area (Å²) in [4.78, 5) is 18.3. The molecule has 0 amide bonds. The minimum atomic E-state index is -0.351. The van der Waals surface area contributed by atoms with Crippen LogP contribution in [-0.4, -0.2) is 24.6 Å². The molecule has 0 spiro atoms. The Bertz CT molecular complexity index is 682. The zero-order valence-corrected chi connectivity index (χ0v) is 12.3. The van der Waals surface area contributed by atoms with Crippen LogP contribution >= 0.6 is 0 Å². The molecular weight excluding hydrogens is 264 g/mol. The second kappa shape index (κ2) is 5.56. The van der Waals surface area contributed by atoms with E-state index >= 15 is 0 Å². The normalized spacial score (nSPS) is 13.7. The maximum absolute atomic E-state index is 11.6. The van der Waals surface area contributed by atoms with Crippen LogP contribution < -0.4 is 4.90 Å². The third-order valence-electron chi connectivity index (χ3n) is 3.84. The second-order valence-corrected chi connectivity index (χ2v) is 5.24. The number of nitrogens with zero attached hydrogens (tertiary/aromatic N) is 2. The highest BCUT2D eigenvalue weighted by Gasteiger charge is 2.20. The Kier molecular flexibility index (Phi) is 3.60. The number of methoxy groups -OCH3 is 1. The van der Waals surface area contributed by atoms with Gasteiger partial charge in [0.15, 0.2) is 0 Å². The minimum Gasteiger partial charge on any atom is -0.465 e. The summed E-state index contributed by atoms with van der Waals surface area (Å²) in [7, 11) is 1.38. The summed E-state index contributed by atoms with van der Waals surface area (Å²) in [5, 5.41) is 0. The number of fused-ring (bicyclic) bond motifs is 1. The first-order valence-corrected chi connectivity index (χ1v) is 7.11. The van der Waals surface area contributed by atoms with Crippen molar-refractivity contribution in [1.29, 1.82) is 0 Å². The Morgan fingerprint density at radius 3 is 2.90 bits per heavy atom. The van der Waals surface area contributed by atoms with Gasteiger partial charge in [-0.25, -0.2) is 9.78 Å². The van der Waals surface area contributed by atoms with Crippen molar-refractivity contribution in [3.05, 3.63) is 53.2 Å². The monoisotopic (exact) mass is 282 g/mol. The van der Waals surface area contributed by atoms with Crippen LogP contribution in [0.1, 0.15) is 27.9 Å². The van der Waals surface area contributed by atoms with Gasteiger partial charge in [-0.1, -0.05) is 18.2 Å². The number of rotatable bonds is 2. The molecule has 1 aromatic heterocycles. The molecule has 108 valence electrons. The molecule has 4 nitrogen and oxygen atoms in total. The molecule has 0 unspecified atom stereocenters. The van der Waals surface area contributed by atoms with Crippen LogP contribution in [-0.2, 0) is 11.2 Å². The van der Waals surface area contributed by atoms with Crippen LogP contribution in [0.3, 0.4) is 0 Å². The third-order valence-corrected chi connectivity index (χ3v) is 3.84. The topological polar surface area (TPSA) is 42.4 Å². The molecule has 1 aliphatic rings. The lowest BCUT2D eigenvalue weighted by molar-refractivity contribution is 0.0600. The second-order valence-electron chi connectivity index (χ2n) is 5.24. The van der Waals surface area contributed by atoms with Crippen molar-refractivity contribution in [1.82, 2.24) is 4.98 Å². The zero-order chi connectivity index (χ0) is 14.8. The standard InChI is InChI=1S/C17H18N2O2/c1-12-10-14(17(20)21-2)11-18-16(12)19-9-5-7-13-6-3-4-8-15(13)19/h3-4,6,8,10-11H,5,7,9H2,1-2H3. The molecule has 2 aromatic rings. The van der Waals surface area contributed by atoms with Crippen molar-refractivity contribution in [2.24, 2.45) is 0 Å². The molecule has 4 heteroatoms. The summed E-state index contributed by atoms with van der Waals surface area (Å²) < 4.78 is 4.74. The van der Waals surface area contributed by atoms with E-state index in [1.807, 2.05) is 13.0 Å². The van der Waals surface area contributed by atoms with Crippen molar-refractivity contribution in [3.63, 3.8) is 0 Å². The van der Waals surface area contributed by atoms with Gasteiger partial charge in [-0.05, 0) is 43.0 Å². The molecule has 1 aliphatic heterocycles. The summed E-state index contributed by atoms with van der Waals surface area (Å²) in [6.45, 7) is 2.93. The van der Waals surface area contributed by atoms with E-state index in [0.717, 1.165) is 30.8 Å². The van der Waals surface area contributed by atoms with E-state index in [0.29, 0.717) is 5.56 Å². The molecule has 0 saturated carbocycles. The van der Waals surface area contributed by atoms with Crippen molar-refractivity contribution in [3.8, 4) is 0 Å². The maximum atomic E-state index is 11.6. The van der Waals surface area contributed by atoms with Crippen LogP contribution in [0.4, 0.5) is 11.5 Å². The van der Waals surface area contributed by atoms with Gasteiger partial charge in [0.2, 0.25) is 0 Å². The lowest BCUT2D eigenvalue weighted by atomic mass is 10.0. The average Bonchev–Trinajstić information content (AvgIpc) is 2.53. The average molecular weight is 282 g/mol. The van der Waals surface area contributed by atoms with Crippen LogP contribution in [0.15, 0.2) is 36.5 Å². The fourth-order valence-electron chi connectivity index (χ4n) is 2.83. The number of para-hydroxylation sites is 1. The smallest absolute Gasteiger partial charge is 0.339 e. The van der Waals surface area contributed by atoms with Gasteiger partial charge in [-0.15, -0.1) is 0 Å². The zero-order valence-electron chi connectivity index (χ0n) is 12.3. The largest absolute Gasteiger partial charge is 0.465 e. The summed E-state index contributed by atoms with van der Waals surface area (Å²) in [5.41, 5.74) is 4.03. The van der Waals surface area contributed by atoms with Crippen LogP contribution in [0, 0.1) is 6.92 Å². The highest BCUT2D eigenvalue weighted by Crippen LogP contribution is 2.33. The summed E-state index contributed by atoms with van der Waals surface area (Å²) in [5.74, 6) is 0.561. The summed E-state index contributed by atoms with van der Waals surface area (Å²) >= 11 is 0. The van der Waals surface area contributed by atoms with E-state index in [4.69, 9.17) is 4.74 Å². The van der Waals surface area contributed by atoms with Crippen molar-refractivity contribution in [2.75, 3.05) is 18.6 Å². The molecule has 0 atom stereocenters. The Morgan fingerprint density at radius 1 is 1.33 bits per heavy atom. The molecular formula is C17H18N2O2. The van der Waals surface area contributed by atoms with Gasteiger partial charge in [0.1, 0.15) is 5.82 Å². The Balaban J connectivity index is 2.00. The first-order valence-electron chi connectivity index (χ1n) is 7.11. The maximum Gasteiger partial charge on any atom is 0.339 e. The van der Waals surface area contributed by atoms with Gasteiger partial charge < -0.3 is 9.64 Å². The molecule has 0 saturated heterocycles. The molecule has 21 heavy (non-hydrogen) atoms. The lowest BCUT2D eigenvalue weighted by Crippen LogP contribution is -2.26. The molecule has 0 radical (unpaired) electrons. The van der Waals surface area contributed by atoms with Gasteiger partial charge in [0.25, 0.3) is 0 Å². The van der Waals surface area contributed by atoms with Gasteiger partial charge in [-0.2, -0.15) is 0 Å². The minimum absolute atomic E-state index is 0.351. The molecule has 0 fully saturated rings. The van der Waals surface area contributed by atoms with Crippen molar-refractivity contribution in [2.45, 2.75) is 19.8 Å². The predicted octanol–water partition coefficient (Wildman–Crippen LogP) is 3.26. The fraction of sp³-hybridized carbons (Fsp3) is 0.294. The third kappa shape index (κ3) is 2.49. The molecule has 1 aromatic carbocycles. The summed E-state index contributed by atoms with van der Waals surface area (Å²) in [6, 6.07) is 10.3. The number of anilines is 2. The first-order chi connectivity index (χ1) is 10.2. The number of benzene rings is 1. The number of esters is 1. The number of ether oxygens (including phenoxy) is 1. The lowest BCUT2D eigenvalue weighted by Gasteiger charge is -2.31. The fourth-order valence-corrected chi connectivity index (χ4v) is 2.83. The quantitative estimate of drug-likeness (QED) is 0.793. The van der Waals surface area contributed by atoms with E-state index in [-0.39, 0.29) is 5.97 Å². The van der Waals surface area contributed by atoms with E-state index in [1.54, 1.807) is 6.20 Å². The van der Waals surface area contributed by atoms with E-state index in [1.165, 1.54) is 18.4 Å². The number of aromatic nitrogens is 1. The highest BCUT2D eigenvalue weighted by molar-refractivity contribution is 5.89. The number of hydrogen-bond donors (Lipinski definition) is 0. The van der Waals surface area contributed by atoms with E-state index < -0.39 is 0 Å².